The maximum atomic E-state index is 12.9. The first-order valence-electron chi connectivity index (χ1n) is 9.12. The highest BCUT2D eigenvalue weighted by atomic mass is 32.2. The molecule has 27 heavy (non-hydrogen) atoms. The summed E-state index contributed by atoms with van der Waals surface area (Å²) in [5, 5.41) is 0. The molecule has 0 unspecified atom stereocenters. The number of benzene rings is 1. The fourth-order valence-electron chi connectivity index (χ4n) is 3.86. The summed E-state index contributed by atoms with van der Waals surface area (Å²) in [7, 11) is -2.11. The third-order valence-corrected chi connectivity index (χ3v) is 6.92. The van der Waals surface area contributed by atoms with Crippen LogP contribution in [0.15, 0.2) is 35.7 Å². The van der Waals surface area contributed by atoms with Gasteiger partial charge in [-0.2, -0.15) is 0 Å². The maximum Gasteiger partial charge on any atom is 0.245 e. The lowest BCUT2D eigenvalue weighted by Crippen LogP contribution is -2.45. The van der Waals surface area contributed by atoms with Gasteiger partial charge in [0.2, 0.25) is 21.8 Å². The van der Waals surface area contributed by atoms with E-state index in [1.165, 1.54) is 13.1 Å². The summed E-state index contributed by atoms with van der Waals surface area (Å²) in [5.74, 6) is -0.0936. The summed E-state index contributed by atoms with van der Waals surface area (Å²) in [6, 6.07) is 5.21. The number of hydrogen-bond donors (Lipinski definition) is 1. The first kappa shape index (κ1) is 19.6. The van der Waals surface area contributed by atoms with E-state index in [4.69, 9.17) is 0 Å². The minimum absolute atomic E-state index is 0.0910. The molecule has 0 bridgehead atoms. The van der Waals surface area contributed by atoms with Crippen LogP contribution < -0.4 is 4.72 Å². The molecular formula is C19H25N3O4S. The molecule has 1 aromatic carbocycles. The van der Waals surface area contributed by atoms with Gasteiger partial charge in [0.15, 0.2) is 0 Å². The SMILES string of the molecule is C=CC(=O)N1CCC(C(=O)N2CCc3c(cccc3S(=O)(=O)NC)C2)CC1. The van der Waals surface area contributed by atoms with E-state index in [9.17, 15) is 18.0 Å². The first-order valence-corrected chi connectivity index (χ1v) is 10.6. The Hall–Kier alpha value is -2.19. The zero-order chi connectivity index (χ0) is 19.6. The van der Waals surface area contributed by atoms with E-state index < -0.39 is 10.0 Å². The zero-order valence-corrected chi connectivity index (χ0v) is 16.3. The van der Waals surface area contributed by atoms with Gasteiger partial charge < -0.3 is 9.80 Å². The largest absolute Gasteiger partial charge is 0.339 e. The summed E-state index contributed by atoms with van der Waals surface area (Å²) in [6.07, 6.45) is 3.12. The van der Waals surface area contributed by atoms with Crippen molar-refractivity contribution >= 4 is 21.8 Å². The second kappa shape index (κ2) is 7.82. The molecule has 0 saturated carbocycles. The van der Waals surface area contributed by atoms with E-state index in [0.717, 1.165) is 11.1 Å². The van der Waals surface area contributed by atoms with Gasteiger partial charge >= 0.3 is 0 Å². The summed E-state index contributed by atoms with van der Waals surface area (Å²) in [6.45, 7) is 5.56. The van der Waals surface area contributed by atoms with Crippen molar-refractivity contribution in [3.63, 3.8) is 0 Å². The Bertz CT molecular complexity index is 858. The van der Waals surface area contributed by atoms with Crippen molar-refractivity contribution < 1.29 is 18.0 Å². The quantitative estimate of drug-likeness (QED) is 0.773. The molecule has 0 aliphatic carbocycles. The van der Waals surface area contributed by atoms with Gasteiger partial charge in [-0.25, -0.2) is 13.1 Å². The normalized spacial score (nSPS) is 18.1. The highest BCUT2D eigenvalue weighted by Crippen LogP contribution is 2.28. The van der Waals surface area contributed by atoms with Crippen LogP contribution in [0.25, 0.3) is 0 Å². The first-order chi connectivity index (χ1) is 12.9. The number of carbonyl (C=O) groups excluding carboxylic acids is 2. The van der Waals surface area contributed by atoms with Crippen molar-refractivity contribution in [3.05, 3.63) is 42.0 Å². The molecule has 0 radical (unpaired) electrons. The number of nitrogens with zero attached hydrogens (tertiary/aromatic N) is 2. The predicted octanol–water partition coefficient (Wildman–Crippen LogP) is 0.904. The monoisotopic (exact) mass is 391 g/mol. The second-order valence-corrected chi connectivity index (χ2v) is 8.77. The molecule has 1 N–H and O–H groups in total. The number of sulfonamides is 1. The van der Waals surface area contributed by atoms with E-state index in [0.29, 0.717) is 50.3 Å². The van der Waals surface area contributed by atoms with Gasteiger partial charge in [0.1, 0.15) is 0 Å². The average molecular weight is 391 g/mol. The van der Waals surface area contributed by atoms with Crippen LogP contribution in [0.2, 0.25) is 0 Å². The lowest BCUT2D eigenvalue weighted by molar-refractivity contribution is -0.140. The topological polar surface area (TPSA) is 86.8 Å². The van der Waals surface area contributed by atoms with Crippen LogP contribution in [0.5, 0.6) is 0 Å². The molecular weight excluding hydrogens is 366 g/mol. The summed E-state index contributed by atoms with van der Waals surface area (Å²) in [4.78, 5) is 28.4. The molecule has 2 aliphatic rings. The molecule has 2 aliphatic heterocycles. The van der Waals surface area contributed by atoms with Crippen LogP contribution in [0, 0.1) is 5.92 Å². The van der Waals surface area contributed by atoms with E-state index >= 15 is 0 Å². The molecule has 1 saturated heterocycles. The Morgan fingerprint density at radius 3 is 2.52 bits per heavy atom. The molecule has 0 spiro atoms. The van der Waals surface area contributed by atoms with Crippen molar-refractivity contribution in [1.82, 2.24) is 14.5 Å². The molecule has 1 fully saturated rings. The van der Waals surface area contributed by atoms with Gasteiger partial charge in [-0.05, 0) is 49.6 Å². The zero-order valence-electron chi connectivity index (χ0n) is 15.5. The Morgan fingerprint density at radius 2 is 1.89 bits per heavy atom. The van der Waals surface area contributed by atoms with E-state index in [1.54, 1.807) is 17.0 Å². The standard InChI is InChI=1S/C19H25N3O4S/c1-3-18(23)21-10-7-14(8-11-21)19(24)22-12-9-16-15(13-22)5-4-6-17(16)27(25,26)20-2/h3-6,14,20H,1,7-13H2,2H3. The summed E-state index contributed by atoms with van der Waals surface area (Å²) in [5.41, 5.74) is 1.67. The lowest BCUT2D eigenvalue weighted by atomic mass is 9.93. The third-order valence-electron chi connectivity index (χ3n) is 5.42. The number of nitrogens with one attached hydrogen (secondary N) is 1. The molecule has 1 aromatic rings. The fraction of sp³-hybridized carbons (Fsp3) is 0.474. The molecule has 8 heteroatoms. The number of piperidine rings is 1. The number of hydrogen-bond acceptors (Lipinski definition) is 4. The Morgan fingerprint density at radius 1 is 1.19 bits per heavy atom. The van der Waals surface area contributed by atoms with Gasteiger partial charge in [-0.15, -0.1) is 0 Å². The number of amides is 2. The molecule has 7 nitrogen and oxygen atoms in total. The van der Waals surface area contributed by atoms with Gasteiger partial charge in [-0.3, -0.25) is 9.59 Å². The lowest BCUT2D eigenvalue weighted by Gasteiger charge is -2.36. The van der Waals surface area contributed by atoms with E-state index in [2.05, 4.69) is 11.3 Å². The van der Waals surface area contributed by atoms with Crippen LogP contribution in [-0.2, 0) is 32.6 Å². The van der Waals surface area contributed by atoms with Crippen molar-refractivity contribution in [2.45, 2.75) is 30.7 Å². The highest BCUT2D eigenvalue weighted by Gasteiger charge is 2.32. The summed E-state index contributed by atoms with van der Waals surface area (Å²) >= 11 is 0. The van der Waals surface area contributed by atoms with Crippen LogP contribution >= 0.6 is 0 Å². The van der Waals surface area contributed by atoms with Crippen molar-refractivity contribution in [1.29, 1.82) is 0 Å². The molecule has 2 amide bonds. The van der Waals surface area contributed by atoms with Gasteiger partial charge in [-0.1, -0.05) is 18.7 Å². The highest BCUT2D eigenvalue weighted by molar-refractivity contribution is 7.89. The number of carbonyl (C=O) groups is 2. The fourth-order valence-corrected chi connectivity index (χ4v) is 4.89. The van der Waals surface area contributed by atoms with Crippen molar-refractivity contribution in [3.8, 4) is 0 Å². The predicted molar refractivity (Wildman–Crippen MR) is 101 cm³/mol. The van der Waals surface area contributed by atoms with Crippen molar-refractivity contribution in [2.24, 2.45) is 5.92 Å². The van der Waals surface area contributed by atoms with E-state index in [-0.39, 0.29) is 17.7 Å². The van der Waals surface area contributed by atoms with Crippen LogP contribution in [0.3, 0.4) is 0 Å². The van der Waals surface area contributed by atoms with Gasteiger partial charge in [0.05, 0.1) is 4.90 Å². The minimum Gasteiger partial charge on any atom is -0.339 e. The van der Waals surface area contributed by atoms with Crippen LogP contribution in [0.1, 0.15) is 24.0 Å². The average Bonchev–Trinajstić information content (AvgIpc) is 2.71. The summed E-state index contributed by atoms with van der Waals surface area (Å²) < 4.78 is 26.8. The Balaban J connectivity index is 1.70. The van der Waals surface area contributed by atoms with Gasteiger partial charge in [0.25, 0.3) is 0 Å². The number of rotatable bonds is 4. The molecule has 0 atom stereocenters. The van der Waals surface area contributed by atoms with Crippen molar-refractivity contribution in [2.75, 3.05) is 26.7 Å². The number of likely N-dealkylation sites (tertiary alicyclic amines) is 1. The number of fused-ring (bicyclic) bond motifs is 1. The van der Waals surface area contributed by atoms with Crippen LogP contribution in [-0.4, -0.2) is 56.7 Å². The smallest absolute Gasteiger partial charge is 0.245 e. The van der Waals surface area contributed by atoms with Gasteiger partial charge in [0, 0.05) is 32.1 Å². The maximum absolute atomic E-state index is 12.9. The Kier molecular flexibility index (Phi) is 5.67. The molecule has 3 rings (SSSR count). The Labute approximate surface area is 160 Å². The van der Waals surface area contributed by atoms with Crippen LogP contribution in [0.4, 0.5) is 0 Å². The van der Waals surface area contributed by atoms with E-state index in [1.807, 2.05) is 11.0 Å². The minimum atomic E-state index is -3.51. The molecule has 2 heterocycles. The molecule has 0 aromatic heterocycles. The third kappa shape index (κ3) is 3.91. The second-order valence-electron chi connectivity index (χ2n) is 6.91. The molecule has 146 valence electrons.